The summed E-state index contributed by atoms with van der Waals surface area (Å²) in [6.45, 7) is 8.86. The summed E-state index contributed by atoms with van der Waals surface area (Å²) in [5, 5.41) is 7.14. The molecule has 2 heterocycles. The molecule has 1 N–H and O–H groups in total. The van der Waals surface area contributed by atoms with Gasteiger partial charge in [-0.3, -0.25) is 0 Å². The minimum atomic E-state index is 0.302. The normalized spacial score (nSPS) is 10.9. The smallest absolute Gasteiger partial charge is 0.175 e. The Kier molecular flexibility index (Phi) is 4.97. The number of hydrogen-bond acceptors (Lipinski definition) is 6. The lowest BCUT2D eigenvalue weighted by Gasteiger charge is -2.28. The van der Waals surface area contributed by atoms with Gasteiger partial charge >= 0.3 is 0 Å². The topological polar surface area (TPSA) is 67.1 Å². The second-order valence-electron chi connectivity index (χ2n) is 6.31. The van der Waals surface area contributed by atoms with E-state index >= 15 is 0 Å². The highest BCUT2D eigenvalue weighted by molar-refractivity contribution is 5.57. The average molecular weight is 337 g/mol. The molecule has 0 aliphatic carbocycles. The summed E-state index contributed by atoms with van der Waals surface area (Å²) in [6.07, 6.45) is 0. The third-order valence-corrected chi connectivity index (χ3v) is 3.82. The minimum absolute atomic E-state index is 0.302. The monoisotopic (exact) mass is 337 g/mol. The summed E-state index contributed by atoms with van der Waals surface area (Å²) in [6, 6.07) is 14.5. The molecule has 0 spiro atoms. The molecule has 0 aliphatic rings. The maximum atomic E-state index is 5.10. The van der Waals surface area contributed by atoms with Crippen LogP contribution in [0.3, 0.4) is 0 Å². The number of anilines is 3. The maximum Gasteiger partial charge on any atom is 0.175 e. The second-order valence-corrected chi connectivity index (χ2v) is 6.31. The third-order valence-electron chi connectivity index (χ3n) is 3.82. The highest BCUT2D eigenvalue weighted by Gasteiger charge is 2.15. The first-order chi connectivity index (χ1) is 12.0. The lowest BCUT2D eigenvalue weighted by atomic mass is 10.2. The molecular weight excluding hydrogens is 314 g/mol. The Morgan fingerprint density at radius 2 is 1.80 bits per heavy atom. The molecule has 0 fully saturated rings. The van der Waals surface area contributed by atoms with Gasteiger partial charge in [-0.25, -0.2) is 9.97 Å². The SMILES string of the molecule is Cc1nc(Nc2cc(C)on2)cc(N(Cc2ccccc2)C(C)C)n1. The first-order valence-electron chi connectivity index (χ1n) is 8.38. The third kappa shape index (κ3) is 4.35. The van der Waals surface area contributed by atoms with E-state index in [2.05, 4.69) is 63.5 Å². The first kappa shape index (κ1) is 17.0. The van der Waals surface area contributed by atoms with Gasteiger partial charge in [-0.15, -0.1) is 0 Å². The fourth-order valence-corrected chi connectivity index (χ4v) is 2.63. The molecule has 0 saturated heterocycles. The van der Waals surface area contributed by atoms with E-state index in [1.165, 1.54) is 5.56 Å². The number of aryl methyl sites for hydroxylation is 2. The molecule has 6 heteroatoms. The highest BCUT2D eigenvalue weighted by Crippen LogP contribution is 2.23. The molecule has 0 atom stereocenters. The second kappa shape index (κ2) is 7.34. The molecule has 130 valence electrons. The maximum absolute atomic E-state index is 5.10. The molecule has 0 saturated carbocycles. The fraction of sp³-hybridized carbons (Fsp3) is 0.316. The molecule has 0 unspecified atom stereocenters. The summed E-state index contributed by atoms with van der Waals surface area (Å²) in [4.78, 5) is 11.3. The van der Waals surface area contributed by atoms with Crippen molar-refractivity contribution < 1.29 is 4.52 Å². The van der Waals surface area contributed by atoms with Gasteiger partial charge in [-0.1, -0.05) is 35.5 Å². The van der Waals surface area contributed by atoms with Crippen LogP contribution in [0, 0.1) is 13.8 Å². The molecule has 6 nitrogen and oxygen atoms in total. The van der Waals surface area contributed by atoms with Crippen LogP contribution in [0.25, 0.3) is 0 Å². The van der Waals surface area contributed by atoms with Crippen molar-refractivity contribution in [2.75, 3.05) is 10.2 Å². The Morgan fingerprint density at radius 1 is 1.04 bits per heavy atom. The summed E-state index contributed by atoms with van der Waals surface area (Å²) in [7, 11) is 0. The van der Waals surface area contributed by atoms with Gasteiger partial charge in [0, 0.05) is 24.7 Å². The largest absolute Gasteiger partial charge is 0.360 e. The highest BCUT2D eigenvalue weighted by atomic mass is 16.5. The molecular formula is C19H23N5O. The van der Waals surface area contributed by atoms with E-state index in [1.54, 1.807) is 0 Å². The van der Waals surface area contributed by atoms with Crippen molar-refractivity contribution in [1.29, 1.82) is 0 Å². The molecule has 1 aromatic carbocycles. The van der Waals surface area contributed by atoms with Crippen molar-refractivity contribution in [3.63, 3.8) is 0 Å². The molecule has 3 rings (SSSR count). The molecule has 0 radical (unpaired) electrons. The zero-order valence-electron chi connectivity index (χ0n) is 15.0. The standard InChI is InChI=1S/C19H23N5O/c1-13(2)24(12-16-8-6-5-7-9-16)19-11-17(20-15(4)21-19)22-18-10-14(3)25-23-18/h5-11,13H,12H2,1-4H3,(H,20,21,22,23). The molecule has 0 amide bonds. The van der Waals surface area contributed by atoms with E-state index in [4.69, 9.17) is 4.52 Å². The van der Waals surface area contributed by atoms with Gasteiger partial charge in [0.25, 0.3) is 0 Å². The average Bonchev–Trinajstić information content (AvgIpc) is 2.97. The van der Waals surface area contributed by atoms with E-state index in [-0.39, 0.29) is 0 Å². The van der Waals surface area contributed by atoms with Crippen LogP contribution in [-0.2, 0) is 6.54 Å². The number of nitrogens with one attached hydrogen (secondary N) is 1. The van der Waals surface area contributed by atoms with Crippen LogP contribution in [-0.4, -0.2) is 21.2 Å². The number of aromatic nitrogens is 3. The van der Waals surface area contributed by atoms with E-state index in [0.717, 1.165) is 18.1 Å². The van der Waals surface area contributed by atoms with E-state index in [0.29, 0.717) is 23.5 Å². The van der Waals surface area contributed by atoms with Crippen LogP contribution in [0.15, 0.2) is 47.0 Å². The zero-order valence-corrected chi connectivity index (χ0v) is 15.0. The van der Waals surface area contributed by atoms with Gasteiger partial charge in [0.2, 0.25) is 0 Å². The first-order valence-corrected chi connectivity index (χ1v) is 8.38. The van der Waals surface area contributed by atoms with Crippen molar-refractivity contribution in [2.45, 2.75) is 40.3 Å². The molecule has 2 aromatic heterocycles. The van der Waals surface area contributed by atoms with Gasteiger partial charge in [-0.2, -0.15) is 0 Å². The van der Waals surface area contributed by atoms with Gasteiger partial charge in [-0.05, 0) is 33.3 Å². The van der Waals surface area contributed by atoms with Crippen molar-refractivity contribution in [3.05, 3.63) is 59.6 Å². The number of benzene rings is 1. The molecule has 3 aromatic rings. The van der Waals surface area contributed by atoms with Crippen LogP contribution < -0.4 is 10.2 Å². The van der Waals surface area contributed by atoms with Crippen LogP contribution in [0.5, 0.6) is 0 Å². The number of hydrogen-bond donors (Lipinski definition) is 1. The van der Waals surface area contributed by atoms with Crippen LogP contribution >= 0.6 is 0 Å². The van der Waals surface area contributed by atoms with Crippen molar-refractivity contribution >= 4 is 17.5 Å². The van der Waals surface area contributed by atoms with E-state index in [9.17, 15) is 0 Å². The number of nitrogens with zero attached hydrogens (tertiary/aromatic N) is 4. The van der Waals surface area contributed by atoms with Crippen molar-refractivity contribution in [2.24, 2.45) is 0 Å². The molecule has 25 heavy (non-hydrogen) atoms. The van der Waals surface area contributed by atoms with E-state index < -0.39 is 0 Å². The van der Waals surface area contributed by atoms with Gasteiger partial charge in [0.1, 0.15) is 23.2 Å². The predicted octanol–water partition coefficient (Wildman–Crippen LogP) is 4.24. The Bertz CT molecular complexity index is 829. The van der Waals surface area contributed by atoms with E-state index in [1.807, 2.05) is 32.0 Å². The van der Waals surface area contributed by atoms with Crippen LogP contribution in [0.4, 0.5) is 17.5 Å². The van der Waals surface area contributed by atoms with Gasteiger partial charge < -0.3 is 14.7 Å². The lowest BCUT2D eigenvalue weighted by Crippen LogP contribution is -2.31. The predicted molar refractivity (Wildman–Crippen MR) is 99.1 cm³/mol. The summed E-state index contributed by atoms with van der Waals surface area (Å²) < 4.78 is 5.10. The summed E-state index contributed by atoms with van der Waals surface area (Å²) in [5.74, 6) is 3.68. The van der Waals surface area contributed by atoms with Gasteiger partial charge in [0.05, 0.1) is 0 Å². The van der Waals surface area contributed by atoms with Gasteiger partial charge in [0.15, 0.2) is 5.82 Å². The summed E-state index contributed by atoms with van der Waals surface area (Å²) >= 11 is 0. The summed E-state index contributed by atoms with van der Waals surface area (Å²) in [5.41, 5.74) is 1.24. The minimum Gasteiger partial charge on any atom is -0.360 e. The van der Waals surface area contributed by atoms with Crippen LogP contribution in [0.2, 0.25) is 0 Å². The molecule has 0 aliphatic heterocycles. The van der Waals surface area contributed by atoms with Crippen molar-refractivity contribution in [3.8, 4) is 0 Å². The van der Waals surface area contributed by atoms with Crippen molar-refractivity contribution in [1.82, 2.24) is 15.1 Å². The lowest BCUT2D eigenvalue weighted by molar-refractivity contribution is 0.400. The fourth-order valence-electron chi connectivity index (χ4n) is 2.63. The molecule has 0 bridgehead atoms. The van der Waals surface area contributed by atoms with Crippen LogP contribution in [0.1, 0.15) is 31.0 Å². The zero-order chi connectivity index (χ0) is 17.8. The Balaban J connectivity index is 1.88. The Labute approximate surface area is 147 Å². The quantitative estimate of drug-likeness (QED) is 0.725. The Hall–Kier alpha value is -2.89. The number of rotatable bonds is 6. The Morgan fingerprint density at radius 3 is 2.44 bits per heavy atom.